The van der Waals surface area contributed by atoms with Crippen molar-refractivity contribution in [3.63, 3.8) is 0 Å². The smallest absolute Gasteiger partial charge is 0.125 e. The molecule has 1 aromatic carbocycles. The lowest BCUT2D eigenvalue weighted by Crippen LogP contribution is -2.44. The molecule has 0 aliphatic carbocycles. The summed E-state index contributed by atoms with van der Waals surface area (Å²) in [4.78, 5) is 4.78. The molecular formula is C17H28N2O2. The zero-order valence-corrected chi connectivity index (χ0v) is 13.3. The predicted octanol–water partition coefficient (Wildman–Crippen LogP) is 2.15. The topological polar surface area (TPSA) is 35.9 Å². The third-order valence-electron chi connectivity index (χ3n) is 4.05. The first-order valence-electron chi connectivity index (χ1n) is 8.01. The van der Waals surface area contributed by atoms with E-state index < -0.39 is 6.10 Å². The van der Waals surface area contributed by atoms with Gasteiger partial charge in [-0.3, -0.25) is 0 Å². The van der Waals surface area contributed by atoms with Gasteiger partial charge in [0.05, 0.1) is 12.7 Å². The van der Waals surface area contributed by atoms with Crippen LogP contribution >= 0.6 is 0 Å². The van der Waals surface area contributed by atoms with E-state index in [2.05, 4.69) is 23.8 Å². The third kappa shape index (κ3) is 4.99. The van der Waals surface area contributed by atoms with Crippen molar-refractivity contribution in [3.8, 4) is 5.75 Å². The summed E-state index contributed by atoms with van der Waals surface area (Å²) in [6.07, 6.45) is 1.29. The first-order valence-corrected chi connectivity index (χ1v) is 8.01. The summed E-state index contributed by atoms with van der Waals surface area (Å²) in [5.74, 6) is 0.824. The Balaban J connectivity index is 1.86. The lowest BCUT2D eigenvalue weighted by molar-refractivity contribution is 0.111. The van der Waals surface area contributed by atoms with Gasteiger partial charge < -0.3 is 19.6 Å². The van der Waals surface area contributed by atoms with Gasteiger partial charge in [0.1, 0.15) is 5.75 Å². The standard InChI is InChI=1S/C17H28N2O2/c1-3-14-21-17-7-5-4-6-15(17)16(20)8-9-19-12-10-18(2)11-13-19/h4-7,16,20H,3,8-14H2,1-2H3. The lowest BCUT2D eigenvalue weighted by atomic mass is 10.0. The fourth-order valence-electron chi connectivity index (χ4n) is 2.63. The Morgan fingerprint density at radius 2 is 1.90 bits per heavy atom. The summed E-state index contributed by atoms with van der Waals surface area (Å²) in [5, 5.41) is 10.5. The first kappa shape index (κ1) is 16.3. The number of benzene rings is 1. The molecule has 1 aromatic rings. The van der Waals surface area contributed by atoms with Crippen molar-refractivity contribution in [2.75, 3.05) is 46.4 Å². The van der Waals surface area contributed by atoms with E-state index in [0.29, 0.717) is 6.61 Å². The van der Waals surface area contributed by atoms with Crippen molar-refractivity contribution in [3.05, 3.63) is 29.8 Å². The number of nitrogens with zero attached hydrogens (tertiary/aromatic N) is 2. The van der Waals surface area contributed by atoms with Crippen LogP contribution in [0.4, 0.5) is 0 Å². The Bertz CT molecular complexity index is 417. The molecule has 0 amide bonds. The maximum atomic E-state index is 10.5. The van der Waals surface area contributed by atoms with E-state index in [9.17, 15) is 5.11 Å². The number of aliphatic hydroxyl groups is 1. The third-order valence-corrected chi connectivity index (χ3v) is 4.05. The monoisotopic (exact) mass is 292 g/mol. The van der Waals surface area contributed by atoms with Crippen LogP contribution in [0.3, 0.4) is 0 Å². The molecule has 21 heavy (non-hydrogen) atoms. The largest absolute Gasteiger partial charge is 0.493 e. The molecule has 1 aliphatic heterocycles. The Labute approximate surface area is 128 Å². The van der Waals surface area contributed by atoms with E-state index in [1.807, 2.05) is 24.3 Å². The SMILES string of the molecule is CCCOc1ccccc1C(O)CCN1CCN(C)CC1. The van der Waals surface area contributed by atoms with Gasteiger partial charge in [-0.15, -0.1) is 0 Å². The normalized spacial score (nSPS) is 18.6. The molecule has 0 bridgehead atoms. The highest BCUT2D eigenvalue weighted by Crippen LogP contribution is 2.27. The van der Waals surface area contributed by atoms with Gasteiger partial charge in [0.25, 0.3) is 0 Å². The second-order valence-electron chi connectivity index (χ2n) is 5.84. The first-order chi connectivity index (χ1) is 10.2. The number of para-hydroxylation sites is 1. The molecule has 118 valence electrons. The minimum Gasteiger partial charge on any atom is -0.493 e. The number of rotatable bonds is 7. The predicted molar refractivity (Wildman–Crippen MR) is 85.7 cm³/mol. The average molecular weight is 292 g/mol. The second-order valence-corrected chi connectivity index (χ2v) is 5.84. The molecule has 0 spiro atoms. The van der Waals surface area contributed by atoms with E-state index in [-0.39, 0.29) is 0 Å². The molecule has 4 nitrogen and oxygen atoms in total. The van der Waals surface area contributed by atoms with Gasteiger partial charge in [-0.2, -0.15) is 0 Å². The van der Waals surface area contributed by atoms with Crippen LogP contribution in [-0.2, 0) is 0 Å². The molecule has 1 saturated heterocycles. The Morgan fingerprint density at radius 3 is 2.62 bits per heavy atom. The van der Waals surface area contributed by atoms with Gasteiger partial charge in [-0.1, -0.05) is 25.1 Å². The van der Waals surface area contributed by atoms with E-state index in [1.165, 1.54) is 0 Å². The Kier molecular flexibility index (Phi) is 6.49. The molecule has 1 fully saturated rings. The van der Waals surface area contributed by atoms with Crippen LogP contribution in [0, 0.1) is 0 Å². The molecule has 1 N–H and O–H groups in total. The lowest BCUT2D eigenvalue weighted by Gasteiger charge is -2.32. The van der Waals surface area contributed by atoms with Crippen LogP contribution in [0.5, 0.6) is 5.75 Å². The zero-order valence-electron chi connectivity index (χ0n) is 13.3. The summed E-state index contributed by atoms with van der Waals surface area (Å²) in [7, 11) is 2.16. The quantitative estimate of drug-likeness (QED) is 0.835. The highest BCUT2D eigenvalue weighted by Gasteiger charge is 2.17. The van der Waals surface area contributed by atoms with Gasteiger partial charge in [-0.25, -0.2) is 0 Å². The molecule has 1 unspecified atom stereocenters. The van der Waals surface area contributed by atoms with Crippen LogP contribution in [0.25, 0.3) is 0 Å². The fourth-order valence-corrected chi connectivity index (χ4v) is 2.63. The molecule has 1 aliphatic rings. The summed E-state index contributed by atoms with van der Waals surface area (Å²) in [6.45, 7) is 8.15. The van der Waals surface area contributed by atoms with Crippen molar-refractivity contribution >= 4 is 0 Å². The molecular weight excluding hydrogens is 264 g/mol. The van der Waals surface area contributed by atoms with Crippen molar-refractivity contribution in [2.45, 2.75) is 25.9 Å². The van der Waals surface area contributed by atoms with Crippen LogP contribution < -0.4 is 4.74 Å². The highest BCUT2D eigenvalue weighted by molar-refractivity contribution is 5.35. The summed E-state index contributed by atoms with van der Waals surface area (Å²) in [5.41, 5.74) is 0.917. The minimum atomic E-state index is -0.447. The number of piperazine rings is 1. The van der Waals surface area contributed by atoms with Gasteiger partial charge in [0, 0.05) is 38.3 Å². The maximum absolute atomic E-state index is 10.5. The average Bonchev–Trinajstić information content (AvgIpc) is 2.52. The molecule has 0 radical (unpaired) electrons. The molecule has 4 heteroatoms. The van der Waals surface area contributed by atoms with Crippen LogP contribution in [0.1, 0.15) is 31.4 Å². The Hall–Kier alpha value is -1.10. The molecule has 1 atom stereocenters. The number of ether oxygens (including phenoxy) is 1. The van der Waals surface area contributed by atoms with Crippen molar-refractivity contribution in [1.29, 1.82) is 0 Å². The number of likely N-dealkylation sites (N-methyl/N-ethyl adjacent to an activating group) is 1. The molecule has 0 aromatic heterocycles. The van der Waals surface area contributed by atoms with Crippen LogP contribution in [-0.4, -0.2) is 61.3 Å². The molecule has 1 heterocycles. The second kappa shape index (κ2) is 8.37. The van der Waals surface area contributed by atoms with E-state index in [1.54, 1.807) is 0 Å². The number of hydrogen-bond acceptors (Lipinski definition) is 4. The Morgan fingerprint density at radius 1 is 1.19 bits per heavy atom. The van der Waals surface area contributed by atoms with Gasteiger partial charge in [0.15, 0.2) is 0 Å². The molecule has 2 rings (SSSR count). The van der Waals surface area contributed by atoms with E-state index in [4.69, 9.17) is 4.74 Å². The summed E-state index contributed by atoms with van der Waals surface area (Å²) >= 11 is 0. The number of aliphatic hydroxyl groups excluding tert-OH is 1. The number of hydrogen-bond donors (Lipinski definition) is 1. The van der Waals surface area contributed by atoms with Gasteiger partial charge in [-0.05, 0) is 26.0 Å². The maximum Gasteiger partial charge on any atom is 0.125 e. The fraction of sp³-hybridized carbons (Fsp3) is 0.647. The van der Waals surface area contributed by atoms with E-state index in [0.717, 1.165) is 56.9 Å². The van der Waals surface area contributed by atoms with Crippen molar-refractivity contribution < 1.29 is 9.84 Å². The van der Waals surface area contributed by atoms with Gasteiger partial charge in [0.2, 0.25) is 0 Å². The van der Waals surface area contributed by atoms with Crippen LogP contribution in [0.15, 0.2) is 24.3 Å². The minimum absolute atomic E-state index is 0.447. The van der Waals surface area contributed by atoms with Gasteiger partial charge >= 0.3 is 0 Å². The highest BCUT2D eigenvalue weighted by atomic mass is 16.5. The molecule has 0 saturated carbocycles. The summed E-state index contributed by atoms with van der Waals surface area (Å²) in [6, 6.07) is 7.85. The zero-order chi connectivity index (χ0) is 15.1. The van der Waals surface area contributed by atoms with Crippen molar-refractivity contribution in [2.24, 2.45) is 0 Å². The van der Waals surface area contributed by atoms with Crippen molar-refractivity contribution in [1.82, 2.24) is 9.80 Å². The van der Waals surface area contributed by atoms with E-state index >= 15 is 0 Å². The van der Waals surface area contributed by atoms with Crippen LogP contribution in [0.2, 0.25) is 0 Å². The summed E-state index contributed by atoms with van der Waals surface area (Å²) < 4.78 is 5.73.